The third-order valence-electron chi connectivity index (χ3n) is 2.97. The number of nitrogens with one attached hydrogen (secondary N) is 1. The molecule has 7 nitrogen and oxygen atoms in total. The summed E-state index contributed by atoms with van der Waals surface area (Å²) in [5, 5.41) is 10.9. The summed E-state index contributed by atoms with van der Waals surface area (Å²) in [5.41, 5.74) is 0.819. The van der Waals surface area contributed by atoms with Crippen LogP contribution in [0.15, 0.2) is 39.8 Å². The van der Waals surface area contributed by atoms with Crippen molar-refractivity contribution in [1.29, 1.82) is 0 Å². The van der Waals surface area contributed by atoms with Gasteiger partial charge in [-0.15, -0.1) is 10.2 Å². The first kappa shape index (κ1) is 15.3. The van der Waals surface area contributed by atoms with Crippen molar-refractivity contribution in [2.24, 2.45) is 0 Å². The van der Waals surface area contributed by atoms with Crippen LogP contribution in [0.1, 0.15) is 12.8 Å². The van der Waals surface area contributed by atoms with Gasteiger partial charge in [0, 0.05) is 5.56 Å². The minimum atomic E-state index is -0.611. The molecule has 3 rings (SSSR count). The topological polar surface area (TPSA) is 94.3 Å². The summed E-state index contributed by atoms with van der Waals surface area (Å²) in [5.74, 6) is -0.253. The number of nitrogens with zero attached hydrogens (tertiary/aromatic N) is 2. The fourth-order valence-corrected chi connectivity index (χ4v) is 2.82. The maximum Gasteiger partial charge on any atom is 0.346 e. The average molecular weight is 331 g/mol. The molecule has 1 fully saturated rings. The summed E-state index contributed by atoms with van der Waals surface area (Å²) >= 11 is 1.20. The predicted molar refractivity (Wildman–Crippen MR) is 83.9 cm³/mol. The maximum atomic E-state index is 12.2. The number of carbonyl (C=O) groups is 2. The molecule has 2 heterocycles. The molecule has 0 bridgehead atoms. The lowest BCUT2D eigenvalue weighted by molar-refractivity contribution is -0.136. The van der Waals surface area contributed by atoms with E-state index in [0.717, 1.165) is 5.56 Å². The van der Waals surface area contributed by atoms with E-state index in [2.05, 4.69) is 15.5 Å². The van der Waals surface area contributed by atoms with Crippen molar-refractivity contribution in [3.05, 3.63) is 41.3 Å². The van der Waals surface area contributed by atoms with Crippen molar-refractivity contribution >= 4 is 29.2 Å². The fraction of sp³-hybridized carbons (Fsp3) is 0.200. The number of aromatic nitrogens is 2. The molecule has 118 valence electrons. The minimum Gasteiger partial charge on any atom is -0.462 e. The van der Waals surface area contributed by atoms with Crippen LogP contribution in [-0.2, 0) is 14.3 Å². The van der Waals surface area contributed by atoms with Crippen molar-refractivity contribution < 1.29 is 18.7 Å². The predicted octanol–water partition coefficient (Wildman–Crippen LogP) is 1.83. The standard InChI is InChI=1S/C15H13N3O4S/c1-2-21-15(20)11(14-16-10(19)8-23-14)13-18-17-12(22-13)9-6-4-3-5-7-9/h3-7H,2,8H2,1H3,(H,16,19)/b14-11-. The number of thioether (sulfide) groups is 1. The van der Waals surface area contributed by atoms with E-state index in [4.69, 9.17) is 9.15 Å². The third kappa shape index (κ3) is 3.26. The fourth-order valence-electron chi connectivity index (χ4n) is 1.97. The average Bonchev–Trinajstić information content (AvgIpc) is 3.19. The number of hydrogen-bond donors (Lipinski definition) is 1. The van der Waals surface area contributed by atoms with E-state index in [9.17, 15) is 9.59 Å². The summed E-state index contributed by atoms with van der Waals surface area (Å²) in [6.45, 7) is 1.90. The summed E-state index contributed by atoms with van der Waals surface area (Å²) in [6, 6.07) is 9.20. The van der Waals surface area contributed by atoms with Gasteiger partial charge in [0.2, 0.25) is 11.8 Å². The summed E-state index contributed by atoms with van der Waals surface area (Å²) in [4.78, 5) is 23.6. The van der Waals surface area contributed by atoms with Crippen molar-refractivity contribution in [2.45, 2.75) is 6.92 Å². The Morgan fingerprint density at radius 2 is 2.13 bits per heavy atom. The van der Waals surface area contributed by atoms with Crippen LogP contribution in [0.4, 0.5) is 0 Å². The lowest BCUT2D eigenvalue weighted by atomic mass is 10.2. The number of ether oxygens (including phenoxy) is 1. The molecule has 1 aromatic carbocycles. The Bertz CT molecular complexity index is 770. The molecule has 1 N–H and O–H groups in total. The first-order chi connectivity index (χ1) is 11.2. The third-order valence-corrected chi connectivity index (χ3v) is 3.97. The Balaban J connectivity index is 2.00. The van der Waals surface area contributed by atoms with Gasteiger partial charge in [0.1, 0.15) is 0 Å². The quantitative estimate of drug-likeness (QED) is 0.674. The molecule has 0 atom stereocenters. The Hall–Kier alpha value is -2.61. The van der Waals surface area contributed by atoms with E-state index in [-0.39, 0.29) is 35.6 Å². The van der Waals surface area contributed by atoms with Crippen LogP contribution in [0, 0.1) is 0 Å². The van der Waals surface area contributed by atoms with Gasteiger partial charge in [0.05, 0.1) is 17.4 Å². The zero-order chi connectivity index (χ0) is 16.2. The second kappa shape index (κ2) is 6.66. The summed E-state index contributed by atoms with van der Waals surface area (Å²) in [7, 11) is 0. The van der Waals surface area contributed by atoms with Gasteiger partial charge in [-0.25, -0.2) is 4.79 Å². The van der Waals surface area contributed by atoms with Crippen LogP contribution in [-0.4, -0.2) is 34.4 Å². The smallest absolute Gasteiger partial charge is 0.346 e. The molecule has 0 radical (unpaired) electrons. The highest BCUT2D eigenvalue weighted by molar-refractivity contribution is 8.04. The molecule has 1 amide bonds. The van der Waals surface area contributed by atoms with Crippen LogP contribution < -0.4 is 5.32 Å². The zero-order valence-electron chi connectivity index (χ0n) is 12.2. The molecule has 0 aliphatic carbocycles. The van der Waals surface area contributed by atoms with Crippen LogP contribution in [0.5, 0.6) is 0 Å². The lowest BCUT2D eigenvalue weighted by Crippen LogP contribution is -2.18. The molecule has 2 aromatic rings. The normalized spacial score (nSPS) is 16.1. The van der Waals surface area contributed by atoms with Crippen LogP contribution in [0.3, 0.4) is 0 Å². The first-order valence-electron chi connectivity index (χ1n) is 6.92. The molecule has 8 heteroatoms. The Labute approximate surface area is 136 Å². The molecule has 1 aliphatic rings. The monoisotopic (exact) mass is 331 g/mol. The highest BCUT2D eigenvalue weighted by atomic mass is 32.2. The number of esters is 1. The minimum absolute atomic E-state index is 0.0204. The number of amides is 1. The molecule has 0 spiro atoms. The van der Waals surface area contributed by atoms with Crippen molar-refractivity contribution in [1.82, 2.24) is 15.5 Å². The van der Waals surface area contributed by atoms with Crippen molar-refractivity contribution in [3.8, 4) is 11.5 Å². The van der Waals surface area contributed by atoms with Crippen molar-refractivity contribution in [2.75, 3.05) is 12.4 Å². The second-order valence-electron chi connectivity index (χ2n) is 4.54. The van der Waals surface area contributed by atoms with Crippen LogP contribution in [0.2, 0.25) is 0 Å². The largest absolute Gasteiger partial charge is 0.462 e. The molecule has 0 unspecified atom stereocenters. The molecule has 0 saturated carbocycles. The maximum absolute atomic E-state index is 12.2. The Kier molecular flexibility index (Phi) is 4.42. The molecule has 1 aliphatic heterocycles. The molecule has 1 saturated heterocycles. The number of benzene rings is 1. The Morgan fingerprint density at radius 1 is 1.35 bits per heavy atom. The van der Waals surface area contributed by atoms with Gasteiger partial charge < -0.3 is 14.5 Å². The molecular formula is C15H13N3O4S. The van der Waals surface area contributed by atoms with E-state index in [1.807, 2.05) is 30.3 Å². The zero-order valence-corrected chi connectivity index (χ0v) is 13.1. The number of hydrogen-bond acceptors (Lipinski definition) is 7. The lowest BCUT2D eigenvalue weighted by Gasteiger charge is -2.06. The SMILES string of the molecule is CCOC(=O)/C(=C1/NC(=O)CS1)c1nnc(-c2ccccc2)o1. The van der Waals surface area contributed by atoms with Gasteiger partial charge in [-0.05, 0) is 19.1 Å². The number of rotatable bonds is 4. The summed E-state index contributed by atoms with van der Waals surface area (Å²) in [6.07, 6.45) is 0. The van der Waals surface area contributed by atoms with Gasteiger partial charge in [-0.1, -0.05) is 30.0 Å². The van der Waals surface area contributed by atoms with E-state index in [0.29, 0.717) is 5.03 Å². The van der Waals surface area contributed by atoms with Gasteiger partial charge in [-0.3, -0.25) is 4.79 Å². The second-order valence-corrected chi connectivity index (χ2v) is 5.53. The Morgan fingerprint density at radius 3 is 2.78 bits per heavy atom. The van der Waals surface area contributed by atoms with Crippen LogP contribution in [0.25, 0.3) is 17.0 Å². The van der Waals surface area contributed by atoms with Gasteiger partial charge in [0.25, 0.3) is 5.89 Å². The summed E-state index contributed by atoms with van der Waals surface area (Å²) < 4.78 is 10.6. The van der Waals surface area contributed by atoms with Gasteiger partial charge in [-0.2, -0.15) is 0 Å². The van der Waals surface area contributed by atoms with Gasteiger partial charge >= 0.3 is 5.97 Å². The van der Waals surface area contributed by atoms with E-state index in [1.54, 1.807) is 6.92 Å². The highest BCUT2D eigenvalue weighted by Crippen LogP contribution is 2.30. The van der Waals surface area contributed by atoms with Crippen molar-refractivity contribution in [3.63, 3.8) is 0 Å². The molecule has 1 aromatic heterocycles. The first-order valence-corrected chi connectivity index (χ1v) is 7.91. The van der Waals surface area contributed by atoms with E-state index in [1.165, 1.54) is 11.8 Å². The number of carbonyl (C=O) groups excluding carboxylic acids is 2. The molecule has 23 heavy (non-hydrogen) atoms. The highest BCUT2D eigenvalue weighted by Gasteiger charge is 2.29. The van der Waals surface area contributed by atoms with E-state index >= 15 is 0 Å². The van der Waals surface area contributed by atoms with E-state index < -0.39 is 5.97 Å². The van der Waals surface area contributed by atoms with Gasteiger partial charge in [0.15, 0.2) is 5.57 Å². The molecular weight excluding hydrogens is 318 g/mol. The van der Waals surface area contributed by atoms with Crippen LogP contribution >= 0.6 is 11.8 Å².